The van der Waals surface area contributed by atoms with Crippen LogP contribution >= 0.6 is 0 Å². The highest BCUT2D eigenvalue weighted by atomic mass is 16.5. The fraction of sp³-hybridized carbons (Fsp3) is 0.179. The summed E-state index contributed by atoms with van der Waals surface area (Å²) in [6, 6.07) is 19.7. The van der Waals surface area contributed by atoms with Gasteiger partial charge in [0.05, 0.1) is 6.26 Å². The lowest BCUT2D eigenvalue weighted by Gasteiger charge is -2.16. The number of ether oxygens (including phenoxy) is 1. The molecule has 0 atom stereocenters. The zero-order chi connectivity index (χ0) is 23.5. The second-order valence-electron chi connectivity index (χ2n) is 8.25. The fourth-order valence-corrected chi connectivity index (χ4v) is 4.12. The molecule has 1 heterocycles. The van der Waals surface area contributed by atoms with Crippen LogP contribution < -0.4 is 16.0 Å². The Kier molecular flexibility index (Phi) is 6.33. The van der Waals surface area contributed by atoms with Gasteiger partial charge in [0.1, 0.15) is 12.4 Å². The molecule has 0 saturated carbocycles. The van der Waals surface area contributed by atoms with Crippen molar-refractivity contribution in [2.75, 3.05) is 0 Å². The summed E-state index contributed by atoms with van der Waals surface area (Å²) >= 11 is 0. The Morgan fingerprint density at radius 1 is 0.909 bits per heavy atom. The van der Waals surface area contributed by atoms with Gasteiger partial charge in [0.2, 0.25) is 5.76 Å². The van der Waals surface area contributed by atoms with Crippen LogP contribution in [0.5, 0.6) is 5.75 Å². The maximum absolute atomic E-state index is 12.4. The summed E-state index contributed by atoms with van der Waals surface area (Å²) in [6.07, 6.45) is 1.59. The number of carbonyl (C=O) groups is 1. The lowest BCUT2D eigenvalue weighted by atomic mass is 9.95. The van der Waals surface area contributed by atoms with Crippen LogP contribution in [0.4, 0.5) is 0 Å². The predicted octanol–water partition coefficient (Wildman–Crippen LogP) is 6.03. The van der Waals surface area contributed by atoms with E-state index in [0.717, 1.165) is 16.7 Å². The van der Waals surface area contributed by atoms with Crippen LogP contribution in [0.3, 0.4) is 0 Å². The van der Waals surface area contributed by atoms with Crippen LogP contribution in [0.25, 0.3) is 22.3 Å². The Morgan fingerprint density at radius 3 is 2.24 bits per heavy atom. The predicted molar refractivity (Wildman–Crippen MR) is 131 cm³/mol. The number of rotatable bonds is 6. The zero-order valence-electron chi connectivity index (χ0n) is 19.4. The van der Waals surface area contributed by atoms with E-state index >= 15 is 0 Å². The molecule has 0 aliphatic carbocycles. The first-order valence-electron chi connectivity index (χ1n) is 10.9. The van der Waals surface area contributed by atoms with Gasteiger partial charge in [0, 0.05) is 11.1 Å². The molecule has 0 bridgehead atoms. The van der Waals surface area contributed by atoms with Crippen molar-refractivity contribution in [1.82, 2.24) is 5.43 Å². The van der Waals surface area contributed by atoms with Crippen LogP contribution in [0.15, 0.2) is 71.3 Å². The van der Waals surface area contributed by atoms with Gasteiger partial charge in [0.25, 0.3) is 0 Å². The molecule has 4 aromatic rings. The van der Waals surface area contributed by atoms with Gasteiger partial charge in [-0.2, -0.15) is 0 Å². The minimum Gasteiger partial charge on any atom is -0.489 e. The molecule has 5 nitrogen and oxygen atoms in total. The molecule has 4 rings (SSSR count). The van der Waals surface area contributed by atoms with E-state index in [1.165, 1.54) is 27.8 Å². The van der Waals surface area contributed by atoms with Gasteiger partial charge < -0.3 is 9.15 Å². The lowest BCUT2D eigenvalue weighted by molar-refractivity contribution is 0.0927. The van der Waals surface area contributed by atoms with Crippen LogP contribution in [-0.2, 0) is 6.61 Å². The molecule has 0 fully saturated rings. The molecule has 168 valence electrons. The van der Waals surface area contributed by atoms with Crippen molar-refractivity contribution in [3.63, 3.8) is 0 Å². The second-order valence-corrected chi connectivity index (χ2v) is 8.25. The summed E-state index contributed by atoms with van der Waals surface area (Å²) in [5.41, 5.74) is 11.6. The highest BCUT2D eigenvalue weighted by Crippen LogP contribution is 2.38. The first-order valence-corrected chi connectivity index (χ1v) is 10.9. The Balaban J connectivity index is 1.72. The third kappa shape index (κ3) is 4.41. The fourth-order valence-electron chi connectivity index (χ4n) is 4.12. The summed E-state index contributed by atoms with van der Waals surface area (Å²) in [6.45, 7) is 8.98. The van der Waals surface area contributed by atoms with E-state index in [2.05, 4.69) is 39.2 Å². The van der Waals surface area contributed by atoms with Crippen LogP contribution in [0, 0.1) is 27.7 Å². The lowest BCUT2D eigenvalue weighted by Crippen LogP contribution is -2.30. The van der Waals surface area contributed by atoms with Gasteiger partial charge in [-0.05, 0) is 78.8 Å². The van der Waals surface area contributed by atoms with Crippen molar-refractivity contribution >= 4 is 5.91 Å². The van der Waals surface area contributed by atoms with E-state index in [9.17, 15) is 4.79 Å². The Labute approximate surface area is 194 Å². The van der Waals surface area contributed by atoms with Crippen molar-refractivity contribution in [2.45, 2.75) is 34.3 Å². The average Bonchev–Trinajstić information content (AvgIpc) is 3.28. The molecular formula is C28H28N2O3. The van der Waals surface area contributed by atoms with Gasteiger partial charge in [0.15, 0.2) is 0 Å². The highest BCUT2D eigenvalue weighted by Gasteiger charge is 2.22. The van der Waals surface area contributed by atoms with Crippen LogP contribution in [0.2, 0.25) is 0 Å². The highest BCUT2D eigenvalue weighted by molar-refractivity contribution is 6.02. The number of carbonyl (C=O) groups excluding carboxylic acids is 1. The smallest absolute Gasteiger partial charge is 0.301 e. The number of hydrogen-bond acceptors (Lipinski definition) is 4. The summed E-state index contributed by atoms with van der Waals surface area (Å²) in [5.74, 6) is 5.80. The molecule has 0 radical (unpaired) electrons. The molecule has 0 aliphatic heterocycles. The first kappa shape index (κ1) is 22.4. The Hall–Kier alpha value is -3.83. The van der Waals surface area contributed by atoms with E-state index in [-0.39, 0.29) is 5.76 Å². The molecule has 33 heavy (non-hydrogen) atoms. The number of hydrazine groups is 1. The number of nitrogen functional groups attached to an aromatic ring is 1. The Bertz CT molecular complexity index is 1280. The molecule has 0 aliphatic rings. The minimum absolute atomic E-state index is 0.162. The second kappa shape index (κ2) is 9.35. The maximum Gasteiger partial charge on any atom is 0.301 e. The molecule has 3 N–H and O–H groups in total. The van der Waals surface area contributed by atoms with Crippen molar-refractivity contribution in [3.05, 3.63) is 101 Å². The number of nitrogens with one attached hydrogen (secondary N) is 1. The number of nitrogens with two attached hydrogens (primary N) is 1. The normalized spacial score (nSPS) is 10.8. The molecular weight excluding hydrogens is 412 g/mol. The van der Waals surface area contributed by atoms with Crippen molar-refractivity contribution < 1.29 is 13.9 Å². The Morgan fingerprint density at radius 2 is 1.58 bits per heavy atom. The van der Waals surface area contributed by atoms with Gasteiger partial charge in [-0.15, -0.1) is 0 Å². The quantitative estimate of drug-likeness (QED) is 0.218. The van der Waals surface area contributed by atoms with Gasteiger partial charge in [-0.25, -0.2) is 5.84 Å². The molecule has 3 aromatic carbocycles. The SMILES string of the molecule is Cc1cc(C)c(C)c(COc2cccc(-c3c(-c4ccccc4)coc3C(=O)NN)c2)c1C. The van der Waals surface area contributed by atoms with Gasteiger partial charge in [-0.1, -0.05) is 48.5 Å². The summed E-state index contributed by atoms with van der Waals surface area (Å²) in [5, 5.41) is 0. The number of benzene rings is 3. The standard InChI is InChI=1S/C28H28N2O3/c1-17-13-18(2)20(4)24(19(17)3)15-32-23-12-8-11-22(14-23)26-25(21-9-6-5-7-10-21)16-33-27(26)28(31)30-29/h5-14,16H,15,29H2,1-4H3,(H,30,31). The first-order chi connectivity index (χ1) is 15.9. The minimum atomic E-state index is -0.486. The van der Waals surface area contributed by atoms with Crippen molar-refractivity contribution in [3.8, 4) is 28.0 Å². The number of furan rings is 1. The maximum atomic E-state index is 12.4. The topological polar surface area (TPSA) is 77.5 Å². The third-order valence-corrected chi connectivity index (χ3v) is 6.24. The number of amides is 1. The van der Waals surface area contributed by atoms with E-state index in [0.29, 0.717) is 17.9 Å². The molecule has 5 heteroatoms. The van der Waals surface area contributed by atoms with E-state index in [1.54, 1.807) is 6.26 Å². The summed E-state index contributed by atoms with van der Waals surface area (Å²) in [4.78, 5) is 12.4. The largest absolute Gasteiger partial charge is 0.489 e. The summed E-state index contributed by atoms with van der Waals surface area (Å²) in [7, 11) is 0. The monoisotopic (exact) mass is 440 g/mol. The molecule has 0 spiro atoms. The van der Waals surface area contributed by atoms with Crippen LogP contribution in [-0.4, -0.2) is 5.91 Å². The zero-order valence-corrected chi connectivity index (χ0v) is 19.4. The molecule has 1 aromatic heterocycles. The average molecular weight is 441 g/mol. The number of hydrogen-bond donors (Lipinski definition) is 2. The van der Waals surface area contributed by atoms with E-state index in [4.69, 9.17) is 15.0 Å². The molecule has 0 unspecified atom stereocenters. The van der Waals surface area contributed by atoms with E-state index in [1.807, 2.05) is 54.6 Å². The van der Waals surface area contributed by atoms with Crippen LogP contribution in [0.1, 0.15) is 38.4 Å². The summed E-state index contributed by atoms with van der Waals surface area (Å²) < 4.78 is 11.9. The van der Waals surface area contributed by atoms with Crippen molar-refractivity contribution in [2.24, 2.45) is 5.84 Å². The van der Waals surface area contributed by atoms with Gasteiger partial charge >= 0.3 is 5.91 Å². The molecule has 0 saturated heterocycles. The third-order valence-electron chi connectivity index (χ3n) is 6.24. The van der Waals surface area contributed by atoms with E-state index < -0.39 is 5.91 Å². The number of aryl methyl sites for hydroxylation is 2. The van der Waals surface area contributed by atoms with Gasteiger partial charge in [-0.3, -0.25) is 10.2 Å². The van der Waals surface area contributed by atoms with Crippen molar-refractivity contribution in [1.29, 1.82) is 0 Å². The molecule has 1 amide bonds.